The molecule has 0 fully saturated rings. The van der Waals surface area contributed by atoms with Crippen LogP contribution < -0.4 is 5.32 Å². The molecule has 114 valence electrons. The number of guanidine groups is 1. The van der Waals surface area contributed by atoms with Crippen LogP contribution in [0.5, 0.6) is 0 Å². The van der Waals surface area contributed by atoms with Gasteiger partial charge in [-0.25, -0.2) is 0 Å². The average Bonchev–Trinajstić information content (AvgIpc) is 2.95. The fourth-order valence-corrected chi connectivity index (χ4v) is 2.83. The molecule has 0 bridgehead atoms. The molecule has 0 saturated heterocycles. The lowest BCUT2D eigenvalue weighted by atomic mass is 9.92. The van der Waals surface area contributed by atoms with Crippen LogP contribution in [0.2, 0.25) is 0 Å². The summed E-state index contributed by atoms with van der Waals surface area (Å²) >= 11 is 1.81. The van der Waals surface area contributed by atoms with Crippen LogP contribution in [-0.2, 0) is 5.41 Å². The topological polar surface area (TPSA) is 27.6 Å². The Morgan fingerprint density at radius 2 is 2.15 bits per heavy atom. The van der Waals surface area contributed by atoms with Crippen LogP contribution in [0.1, 0.15) is 45.4 Å². The van der Waals surface area contributed by atoms with Crippen LogP contribution in [0.3, 0.4) is 0 Å². The van der Waals surface area contributed by atoms with Gasteiger partial charge in [0.25, 0.3) is 0 Å². The van der Waals surface area contributed by atoms with Crippen molar-refractivity contribution in [2.45, 2.75) is 46.0 Å². The quantitative estimate of drug-likeness (QED) is 0.613. The number of unbranched alkanes of at least 4 members (excludes halogenated alkanes) is 1. The van der Waals surface area contributed by atoms with Gasteiger partial charge in [0.15, 0.2) is 5.96 Å². The van der Waals surface area contributed by atoms with Crippen LogP contribution >= 0.6 is 11.3 Å². The minimum atomic E-state index is 0.0977. The third kappa shape index (κ3) is 5.16. The lowest BCUT2D eigenvalue weighted by molar-refractivity contribution is 0.458. The Kier molecular flexibility index (Phi) is 7.06. The maximum absolute atomic E-state index is 4.83. The van der Waals surface area contributed by atoms with Gasteiger partial charge in [-0.15, -0.1) is 11.3 Å². The molecule has 0 spiro atoms. The molecule has 0 aliphatic carbocycles. The Balaban J connectivity index is 2.71. The Morgan fingerprint density at radius 3 is 2.70 bits per heavy atom. The summed E-state index contributed by atoms with van der Waals surface area (Å²) in [6.07, 6.45) is 2.42. The third-order valence-electron chi connectivity index (χ3n) is 3.36. The van der Waals surface area contributed by atoms with Gasteiger partial charge in [0.1, 0.15) is 0 Å². The third-order valence-corrected chi connectivity index (χ3v) is 4.59. The maximum atomic E-state index is 4.83. The molecule has 3 nitrogen and oxygen atoms in total. The zero-order valence-corrected chi connectivity index (χ0v) is 14.4. The predicted molar refractivity (Wildman–Crippen MR) is 90.9 cm³/mol. The number of aliphatic imine (C=N–C) groups is 1. The summed E-state index contributed by atoms with van der Waals surface area (Å²) in [5.74, 6) is 1.02. The highest BCUT2D eigenvalue weighted by molar-refractivity contribution is 7.10. The van der Waals surface area contributed by atoms with Crippen molar-refractivity contribution in [1.29, 1.82) is 0 Å². The molecule has 0 aliphatic rings. The fraction of sp³-hybridized carbons (Fsp3) is 0.688. The second-order valence-electron chi connectivity index (χ2n) is 5.81. The van der Waals surface area contributed by atoms with E-state index in [1.54, 1.807) is 0 Å². The molecule has 0 atom stereocenters. The van der Waals surface area contributed by atoms with Gasteiger partial charge >= 0.3 is 0 Å². The highest BCUT2D eigenvalue weighted by atomic mass is 32.1. The zero-order valence-electron chi connectivity index (χ0n) is 13.6. The normalized spacial score (nSPS) is 12.6. The van der Waals surface area contributed by atoms with Gasteiger partial charge in [-0.1, -0.05) is 33.3 Å². The van der Waals surface area contributed by atoms with Crippen molar-refractivity contribution >= 4 is 17.3 Å². The van der Waals surface area contributed by atoms with E-state index < -0.39 is 0 Å². The largest absolute Gasteiger partial charge is 0.357 e. The molecule has 4 heteroatoms. The summed E-state index contributed by atoms with van der Waals surface area (Å²) in [5, 5.41) is 5.53. The van der Waals surface area contributed by atoms with Crippen molar-refractivity contribution in [2.75, 3.05) is 26.7 Å². The average molecular weight is 295 g/mol. The van der Waals surface area contributed by atoms with Crippen LogP contribution in [-0.4, -0.2) is 37.5 Å². The van der Waals surface area contributed by atoms with Crippen molar-refractivity contribution in [1.82, 2.24) is 10.2 Å². The summed E-state index contributed by atoms with van der Waals surface area (Å²) in [6.45, 7) is 11.6. The molecule has 0 aromatic carbocycles. The van der Waals surface area contributed by atoms with E-state index in [0.29, 0.717) is 0 Å². The van der Waals surface area contributed by atoms with E-state index in [-0.39, 0.29) is 5.41 Å². The van der Waals surface area contributed by atoms with E-state index in [4.69, 9.17) is 4.99 Å². The number of hydrogen-bond donors (Lipinski definition) is 1. The highest BCUT2D eigenvalue weighted by Crippen LogP contribution is 2.27. The van der Waals surface area contributed by atoms with Gasteiger partial charge in [0, 0.05) is 30.4 Å². The summed E-state index contributed by atoms with van der Waals surface area (Å²) < 4.78 is 0. The van der Waals surface area contributed by atoms with Crippen LogP contribution in [0.4, 0.5) is 0 Å². The monoisotopic (exact) mass is 295 g/mol. The molecule has 1 aromatic heterocycles. The van der Waals surface area contributed by atoms with E-state index in [1.807, 2.05) is 11.3 Å². The molecule has 0 aliphatic heterocycles. The van der Waals surface area contributed by atoms with Crippen molar-refractivity contribution in [3.63, 3.8) is 0 Å². The number of hydrogen-bond acceptors (Lipinski definition) is 2. The molecule has 1 rings (SSSR count). The SMILES string of the molecule is CCCCN(C)C(=NCC(C)(C)c1cccs1)NCC. The first-order chi connectivity index (χ1) is 9.51. The van der Waals surface area contributed by atoms with E-state index in [9.17, 15) is 0 Å². The highest BCUT2D eigenvalue weighted by Gasteiger charge is 2.21. The molecule has 0 radical (unpaired) electrons. The Bertz CT molecular complexity index is 396. The molecule has 0 saturated carbocycles. The predicted octanol–water partition coefficient (Wildman–Crippen LogP) is 3.72. The Labute approximate surface area is 128 Å². The molecule has 1 aromatic rings. The van der Waals surface area contributed by atoms with Crippen molar-refractivity contribution in [3.8, 4) is 0 Å². The molecular formula is C16H29N3S. The van der Waals surface area contributed by atoms with Gasteiger partial charge in [-0.3, -0.25) is 4.99 Å². The summed E-state index contributed by atoms with van der Waals surface area (Å²) in [5.41, 5.74) is 0.0977. The molecule has 1 heterocycles. The smallest absolute Gasteiger partial charge is 0.193 e. The van der Waals surface area contributed by atoms with Gasteiger partial charge in [-0.2, -0.15) is 0 Å². The molecular weight excluding hydrogens is 266 g/mol. The van der Waals surface area contributed by atoms with Gasteiger partial charge in [-0.05, 0) is 24.8 Å². The first kappa shape index (κ1) is 17.0. The number of nitrogens with zero attached hydrogens (tertiary/aromatic N) is 2. The maximum Gasteiger partial charge on any atom is 0.193 e. The van der Waals surface area contributed by atoms with Gasteiger partial charge < -0.3 is 10.2 Å². The van der Waals surface area contributed by atoms with E-state index in [0.717, 1.165) is 25.6 Å². The van der Waals surface area contributed by atoms with Crippen molar-refractivity contribution < 1.29 is 0 Å². The van der Waals surface area contributed by atoms with E-state index in [1.165, 1.54) is 17.7 Å². The van der Waals surface area contributed by atoms with Gasteiger partial charge in [0.2, 0.25) is 0 Å². The Morgan fingerprint density at radius 1 is 1.40 bits per heavy atom. The summed E-state index contributed by atoms with van der Waals surface area (Å²) in [6, 6.07) is 4.32. The van der Waals surface area contributed by atoms with Crippen LogP contribution in [0, 0.1) is 0 Å². The molecule has 1 N–H and O–H groups in total. The second-order valence-corrected chi connectivity index (χ2v) is 6.75. The van der Waals surface area contributed by atoms with Crippen LogP contribution in [0.15, 0.2) is 22.5 Å². The molecule has 20 heavy (non-hydrogen) atoms. The van der Waals surface area contributed by atoms with E-state index in [2.05, 4.69) is 62.5 Å². The second kappa shape index (κ2) is 8.30. The van der Waals surface area contributed by atoms with Gasteiger partial charge in [0.05, 0.1) is 6.54 Å². The minimum Gasteiger partial charge on any atom is -0.357 e. The lowest BCUT2D eigenvalue weighted by Gasteiger charge is -2.25. The zero-order chi connectivity index (χ0) is 15.0. The standard InChI is InChI=1S/C16H29N3S/c1-6-8-11-19(5)15(17-7-2)18-13-16(3,4)14-10-9-12-20-14/h9-10,12H,6-8,11,13H2,1-5H3,(H,17,18). The number of nitrogens with one attached hydrogen (secondary N) is 1. The summed E-state index contributed by atoms with van der Waals surface area (Å²) in [7, 11) is 2.12. The molecule has 0 unspecified atom stereocenters. The van der Waals surface area contributed by atoms with Crippen molar-refractivity contribution in [3.05, 3.63) is 22.4 Å². The fourth-order valence-electron chi connectivity index (χ4n) is 1.98. The summed E-state index contributed by atoms with van der Waals surface area (Å²) in [4.78, 5) is 8.46. The Hall–Kier alpha value is -1.03. The molecule has 0 amide bonds. The minimum absolute atomic E-state index is 0.0977. The number of thiophene rings is 1. The van der Waals surface area contributed by atoms with E-state index >= 15 is 0 Å². The first-order valence-corrected chi connectivity index (χ1v) is 8.42. The lowest BCUT2D eigenvalue weighted by Crippen LogP contribution is -2.40. The van der Waals surface area contributed by atoms with Crippen molar-refractivity contribution in [2.24, 2.45) is 4.99 Å². The first-order valence-electron chi connectivity index (χ1n) is 7.54. The van der Waals surface area contributed by atoms with Crippen LogP contribution in [0.25, 0.3) is 0 Å². The number of rotatable bonds is 7.